The molecule has 3 atom stereocenters. The van der Waals surface area contributed by atoms with Crippen molar-refractivity contribution in [2.75, 3.05) is 0 Å². The molecule has 0 amide bonds. The van der Waals surface area contributed by atoms with Crippen LogP contribution >= 0.6 is 11.6 Å². The molecule has 0 bridgehead atoms. The van der Waals surface area contributed by atoms with Gasteiger partial charge in [-0.25, -0.2) is 0 Å². The molecule has 0 aliphatic heterocycles. The molecule has 0 saturated carbocycles. The number of phenolic OH excluding ortho intramolecular Hbond substituents is 2. The quantitative estimate of drug-likeness (QED) is 0.455. The Morgan fingerprint density at radius 2 is 1.68 bits per heavy atom. The summed E-state index contributed by atoms with van der Waals surface area (Å²) in [4.78, 5) is 23.7. The van der Waals surface area contributed by atoms with Crippen molar-refractivity contribution in [1.82, 2.24) is 0 Å². The first kappa shape index (κ1) is 16.1. The van der Waals surface area contributed by atoms with Crippen LogP contribution in [-0.4, -0.2) is 43.0 Å². The third kappa shape index (κ3) is 1.81. The molecule has 0 saturated heterocycles. The number of hydrogen-bond donors (Lipinski definition) is 4. The highest BCUT2D eigenvalue weighted by Gasteiger charge is 2.52. The molecule has 2 aliphatic rings. The topological polar surface area (TPSA) is 115 Å². The standard InChI is InChI=1S/C18H13ClO6/c1-18(19)16(24)7-5-9(21)12-10-6(3-2-4-8(10)20)14(22)13(12)11(7)15(23)17(18)25/h2-5,15,17,20-21,23,25H,1H3. The number of alkyl halides is 1. The number of ketones is 2. The van der Waals surface area contributed by atoms with Crippen LogP contribution in [0.4, 0.5) is 0 Å². The van der Waals surface area contributed by atoms with Crippen LogP contribution in [0.1, 0.15) is 44.9 Å². The van der Waals surface area contributed by atoms with Crippen molar-refractivity contribution >= 4 is 23.2 Å². The number of phenols is 2. The van der Waals surface area contributed by atoms with Crippen molar-refractivity contribution in [3.8, 4) is 22.6 Å². The largest absolute Gasteiger partial charge is 0.507 e. The van der Waals surface area contributed by atoms with Gasteiger partial charge in [-0.2, -0.15) is 0 Å². The Bertz CT molecular complexity index is 978. The number of benzene rings is 2. The van der Waals surface area contributed by atoms with Crippen LogP contribution in [0, 0.1) is 0 Å². The lowest BCUT2D eigenvalue weighted by atomic mass is 9.76. The number of carbonyl (C=O) groups excluding carboxylic acids is 2. The SMILES string of the molecule is CC1(Cl)C(=O)c2cc(O)c3c(c2C(O)C1O)C(=O)c1cccc(O)c1-3. The molecule has 0 spiro atoms. The Balaban J connectivity index is 2.12. The van der Waals surface area contributed by atoms with Crippen molar-refractivity contribution in [2.45, 2.75) is 24.0 Å². The zero-order chi connectivity index (χ0) is 18.3. The van der Waals surface area contributed by atoms with E-state index in [0.29, 0.717) is 0 Å². The number of carbonyl (C=O) groups is 2. The molecular weight excluding hydrogens is 348 g/mol. The number of aliphatic hydroxyl groups excluding tert-OH is 2. The number of hydrogen-bond acceptors (Lipinski definition) is 6. The number of aromatic hydroxyl groups is 2. The molecule has 0 heterocycles. The predicted octanol–water partition coefficient (Wildman–Crippen LogP) is 1.90. The molecule has 0 fully saturated rings. The van der Waals surface area contributed by atoms with Crippen LogP contribution in [-0.2, 0) is 0 Å². The van der Waals surface area contributed by atoms with Gasteiger partial charge in [0.1, 0.15) is 28.6 Å². The van der Waals surface area contributed by atoms with E-state index in [1.165, 1.54) is 25.1 Å². The third-order valence-electron chi connectivity index (χ3n) is 4.95. The summed E-state index contributed by atoms with van der Waals surface area (Å²) in [7, 11) is 0. The molecule has 7 heteroatoms. The van der Waals surface area contributed by atoms with Gasteiger partial charge in [0, 0.05) is 33.4 Å². The second-order valence-electron chi connectivity index (χ2n) is 6.43. The van der Waals surface area contributed by atoms with Gasteiger partial charge in [-0.15, -0.1) is 11.6 Å². The molecule has 6 nitrogen and oxygen atoms in total. The van der Waals surface area contributed by atoms with Gasteiger partial charge in [0.2, 0.25) is 0 Å². The number of aliphatic hydroxyl groups is 2. The second-order valence-corrected chi connectivity index (χ2v) is 7.22. The van der Waals surface area contributed by atoms with E-state index in [1.54, 1.807) is 0 Å². The fraction of sp³-hybridized carbons (Fsp3) is 0.222. The normalized spacial score (nSPS) is 27.0. The maximum absolute atomic E-state index is 12.8. The van der Waals surface area contributed by atoms with Crippen molar-refractivity contribution in [2.24, 2.45) is 0 Å². The molecule has 2 aromatic carbocycles. The average molecular weight is 361 g/mol. The highest BCUT2D eigenvalue weighted by Crippen LogP contribution is 2.52. The fourth-order valence-corrected chi connectivity index (χ4v) is 3.87. The lowest BCUT2D eigenvalue weighted by Gasteiger charge is -2.37. The third-order valence-corrected chi connectivity index (χ3v) is 5.34. The molecule has 0 radical (unpaired) electrons. The molecule has 3 unspecified atom stereocenters. The minimum Gasteiger partial charge on any atom is -0.507 e. The minimum atomic E-state index is -1.79. The van der Waals surface area contributed by atoms with E-state index in [-0.39, 0.29) is 44.9 Å². The highest BCUT2D eigenvalue weighted by molar-refractivity contribution is 6.39. The second kappa shape index (κ2) is 4.82. The van der Waals surface area contributed by atoms with Gasteiger partial charge in [-0.1, -0.05) is 12.1 Å². The van der Waals surface area contributed by atoms with Gasteiger partial charge in [0.15, 0.2) is 11.6 Å². The Morgan fingerprint density at radius 1 is 1.00 bits per heavy atom. The van der Waals surface area contributed by atoms with E-state index >= 15 is 0 Å². The molecule has 2 aliphatic carbocycles. The van der Waals surface area contributed by atoms with Crippen LogP contribution in [0.25, 0.3) is 11.1 Å². The summed E-state index contributed by atoms with van der Waals surface area (Å²) in [5.41, 5.74) is 0.0204. The monoisotopic (exact) mass is 360 g/mol. The van der Waals surface area contributed by atoms with Gasteiger partial charge in [-0.05, 0) is 19.1 Å². The summed E-state index contributed by atoms with van der Waals surface area (Å²) < 4.78 is 0. The molecular formula is C18H13ClO6. The number of fused-ring (bicyclic) bond motifs is 5. The van der Waals surface area contributed by atoms with Crippen LogP contribution in [0.15, 0.2) is 24.3 Å². The molecule has 0 aromatic heterocycles. The van der Waals surface area contributed by atoms with Crippen LogP contribution < -0.4 is 0 Å². The summed E-state index contributed by atoms with van der Waals surface area (Å²) in [6.07, 6.45) is -3.22. The van der Waals surface area contributed by atoms with Gasteiger partial charge >= 0.3 is 0 Å². The Morgan fingerprint density at radius 3 is 2.36 bits per heavy atom. The Labute approximate surface area is 146 Å². The molecule has 4 N–H and O–H groups in total. The van der Waals surface area contributed by atoms with Crippen molar-refractivity contribution in [1.29, 1.82) is 0 Å². The van der Waals surface area contributed by atoms with E-state index < -0.39 is 28.6 Å². The Hall–Kier alpha value is -2.41. The Kier molecular flexibility index (Phi) is 3.10. The molecule has 25 heavy (non-hydrogen) atoms. The predicted molar refractivity (Wildman–Crippen MR) is 88.2 cm³/mol. The average Bonchev–Trinajstić information content (AvgIpc) is 2.87. The van der Waals surface area contributed by atoms with Crippen molar-refractivity contribution in [3.05, 3.63) is 46.5 Å². The van der Waals surface area contributed by atoms with Crippen LogP contribution in [0.3, 0.4) is 0 Å². The molecule has 128 valence electrons. The van der Waals surface area contributed by atoms with Gasteiger partial charge in [-0.3, -0.25) is 9.59 Å². The zero-order valence-electron chi connectivity index (χ0n) is 12.9. The van der Waals surface area contributed by atoms with Crippen LogP contribution in [0.5, 0.6) is 11.5 Å². The van der Waals surface area contributed by atoms with E-state index in [2.05, 4.69) is 0 Å². The summed E-state index contributed by atoms with van der Waals surface area (Å²) >= 11 is 6.08. The smallest absolute Gasteiger partial charge is 0.194 e. The first-order valence-corrected chi connectivity index (χ1v) is 7.92. The number of Topliss-reactive ketones (excluding diaryl/α,β-unsaturated/α-hetero) is 1. The first-order valence-electron chi connectivity index (χ1n) is 7.54. The van der Waals surface area contributed by atoms with Crippen molar-refractivity contribution < 1.29 is 30.0 Å². The van der Waals surface area contributed by atoms with Gasteiger partial charge in [0.05, 0.1) is 0 Å². The summed E-state index contributed by atoms with van der Waals surface area (Å²) in [6, 6.07) is 5.43. The first-order chi connectivity index (χ1) is 11.7. The molecule has 4 rings (SSSR count). The van der Waals surface area contributed by atoms with Crippen molar-refractivity contribution in [3.63, 3.8) is 0 Å². The lowest BCUT2D eigenvalue weighted by molar-refractivity contribution is -0.00808. The number of rotatable bonds is 0. The highest BCUT2D eigenvalue weighted by atomic mass is 35.5. The summed E-state index contributed by atoms with van der Waals surface area (Å²) in [5.74, 6) is -1.84. The maximum Gasteiger partial charge on any atom is 0.194 e. The summed E-state index contributed by atoms with van der Waals surface area (Å²) in [6.45, 7) is 1.26. The van der Waals surface area contributed by atoms with E-state index in [9.17, 15) is 30.0 Å². The van der Waals surface area contributed by atoms with E-state index in [1.807, 2.05) is 0 Å². The van der Waals surface area contributed by atoms with Gasteiger partial charge in [0.25, 0.3) is 0 Å². The van der Waals surface area contributed by atoms with Crippen LogP contribution in [0.2, 0.25) is 0 Å². The zero-order valence-corrected chi connectivity index (χ0v) is 13.7. The maximum atomic E-state index is 12.8. The molecule has 2 aromatic rings. The number of halogens is 1. The van der Waals surface area contributed by atoms with E-state index in [0.717, 1.165) is 6.07 Å². The summed E-state index contributed by atoms with van der Waals surface area (Å²) in [5, 5.41) is 41.3. The fourth-order valence-electron chi connectivity index (χ4n) is 3.65. The van der Waals surface area contributed by atoms with E-state index in [4.69, 9.17) is 11.6 Å². The minimum absolute atomic E-state index is 0.0362. The lowest BCUT2D eigenvalue weighted by Crippen LogP contribution is -2.49. The van der Waals surface area contributed by atoms with Gasteiger partial charge < -0.3 is 20.4 Å².